The van der Waals surface area contributed by atoms with Crippen LogP contribution < -0.4 is 10.6 Å². The van der Waals surface area contributed by atoms with Crippen LogP contribution in [0.25, 0.3) is 0 Å². The number of imide groups is 1. The lowest BCUT2D eigenvalue weighted by atomic mass is 9.90. The van der Waals surface area contributed by atoms with Gasteiger partial charge in [-0.25, -0.2) is 13.6 Å². The molecule has 2 aliphatic rings. The molecule has 8 heteroatoms. The lowest BCUT2D eigenvalue weighted by molar-refractivity contribution is -0.134. The molecular formula is C17H19F2N3O3. The largest absolute Gasteiger partial charge is 0.325 e. The number of carbonyl (C=O) groups is 3. The summed E-state index contributed by atoms with van der Waals surface area (Å²) in [6.45, 7) is -0.511. The van der Waals surface area contributed by atoms with Crippen molar-refractivity contribution in [1.29, 1.82) is 0 Å². The SMILES string of the molecule is O=C(CN1C(=O)NC2(CCCCCC2)C1=O)Nc1ccc(F)cc1F. The first-order valence-corrected chi connectivity index (χ1v) is 8.30. The molecule has 0 aromatic heterocycles. The van der Waals surface area contributed by atoms with Crippen molar-refractivity contribution in [2.75, 3.05) is 11.9 Å². The van der Waals surface area contributed by atoms with Gasteiger partial charge in [0.05, 0.1) is 5.69 Å². The van der Waals surface area contributed by atoms with Gasteiger partial charge in [-0.05, 0) is 25.0 Å². The van der Waals surface area contributed by atoms with E-state index in [1.165, 1.54) is 0 Å². The van der Waals surface area contributed by atoms with Gasteiger partial charge < -0.3 is 10.6 Å². The highest BCUT2D eigenvalue weighted by Crippen LogP contribution is 2.32. The fourth-order valence-electron chi connectivity index (χ4n) is 3.41. The summed E-state index contributed by atoms with van der Waals surface area (Å²) in [5.74, 6) is -2.82. The van der Waals surface area contributed by atoms with Crippen LogP contribution in [0.5, 0.6) is 0 Å². The molecule has 0 radical (unpaired) electrons. The number of benzene rings is 1. The molecular weight excluding hydrogens is 332 g/mol. The predicted molar refractivity (Wildman–Crippen MR) is 85.7 cm³/mol. The molecule has 0 unspecified atom stereocenters. The molecule has 25 heavy (non-hydrogen) atoms. The maximum absolute atomic E-state index is 13.6. The van der Waals surface area contributed by atoms with Crippen molar-refractivity contribution in [3.63, 3.8) is 0 Å². The van der Waals surface area contributed by atoms with E-state index < -0.39 is 41.6 Å². The summed E-state index contributed by atoms with van der Waals surface area (Å²) in [6, 6.07) is 2.12. The van der Waals surface area contributed by atoms with Crippen LogP contribution in [0, 0.1) is 11.6 Å². The van der Waals surface area contributed by atoms with E-state index in [2.05, 4.69) is 10.6 Å². The summed E-state index contributed by atoms with van der Waals surface area (Å²) in [7, 11) is 0. The molecule has 6 nitrogen and oxygen atoms in total. The van der Waals surface area contributed by atoms with E-state index in [9.17, 15) is 23.2 Å². The molecule has 3 rings (SSSR count). The first-order valence-electron chi connectivity index (χ1n) is 8.30. The second-order valence-corrected chi connectivity index (χ2v) is 6.49. The van der Waals surface area contributed by atoms with Crippen molar-refractivity contribution in [2.45, 2.75) is 44.1 Å². The fraction of sp³-hybridized carbons (Fsp3) is 0.471. The van der Waals surface area contributed by atoms with Crippen LogP contribution in [0.2, 0.25) is 0 Å². The maximum atomic E-state index is 13.6. The average molecular weight is 351 g/mol. The number of urea groups is 1. The van der Waals surface area contributed by atoms with Crippen molar-refractivity contribution in [3.05, 3.63) is 29.8 Å². The summed E-state index contributed by atoms with van der Waals surface area (Å²) in [4.78, 5) is 37.8. The van der Waals surface area contributed by atoms with E-state index in [0.717, 1.165) is 42.7 Å². The molecule has 1 saturated heterocycles. The summed E-state index contributed by atoms with van der Waals surface area (Å²) in [6.07, 6.45) is 4.81. The Morgan fingerprint density at radius 3 is 2.48 bits per heavy atom. The average Bonchev–Trinajstić information content (AvgIpc) is 2.73. The second-order valence-electron chi connectivity index (χ2n) is 6.49. The fourth-order valence-corrected chi connectivity index (χ4v) is 3.41. The van der Waals surface area contributed by atoms with E-state index in [4.69, 9.17) is 0 Å². The Hall–Kier alpha value is -2.51. The van der Waals surface area contributed by atoms with Crippen LogP contribution >= 0.6 is 0 Å². The lowest BCUT2D eigenvalue weighted by Gasteiger charge is -2.24. The Balaban J connectivity index is 1.68. The van der Waals surface area contributed by atoms with E-state index in [-0.39, 0.29) is 5.69 Å². The standard InChI is InChI=1S/C17H19F2N3O3/c18-11-5-6-13(12(19)9-11)20-14(23)10-22-15(24)17(21-16(22)25)7-3-1-2-4-8-17/h5-6,9H,1-4,7-8,10H2,(H,20,23)(H,21,25). The van der Waals surface area contributed by atoms with Crippen LogP contribution in [-0.4, -0.2) is 34.8 Å². The Morgan fingerprint density at radius 2 is 1.84 bits per heavy atom. The number of hydrogen-bond donors (Lipinski definition) is 2. The third-order valence-electron chi connectivity index (χ3n) is 4.71. The molecule has 134 valence electrons. The van der Waals surface area contributed by atoms with Gasteiger partial charge in [0.25, 0.3) is 5.91 Å². The molecule has 1 aliphatic heterocycles. The second kappa shape index (κ2) is 6.78. The predicted octanol–water partition coefficient (Wildman–Crippen LogP) is 2.55. The summed E-state index contributed by atoms with van der Waals surface area (Å²) in [5.41, 5.74) is -1.13. The molecule has 0 atom stereocenters. The number of amides is 4. The maximum Gasteiger partial charge on any atom is 0.325 e. The summed E-state index contributed by atoms with van der Waals surface area (Å²) < 4.78 is 26.5. The highest BCUT2D eigenvalue weighted by Gasteiger charge is 2.51. The molecule has 1 spiro atoms. The van der Waals surface area contributed by atoms with Gasteiger partial charge in [-0.2, -0.15) is 0 Å². The number of nitrogens with one attached hydrogen (secondary N) is 2. The Labute approximate surface area is 143 Å². The van der Waals surface area contributed by atoms with Gasteiger partial charge in [0.15, 0.2) is 0 Å². The highest BCUT2D eigenvalue weighted by molar-refractivity contribution is 6.10. The van der Waals surface area contributed by atoms with Gasteiger partial charge in [-0.1, -0.05) is 25.7 Å². The first-order chi connectivity index (χ1) is 11.9. The monoisotopic (exact) mass is 351 g/mol. The van der Waals surface area contributed by atoms with Gasteiger partial charge in [0.2, 0.25) is 5.91 Å². The molecule has 1 saturated carbocycles. The van der Waals surface area contributed by atoms with Gasteiger partial charge in [-0.15, -0.1) is 0 Å². The Morgan fingerprint density at radius 1 is 1.16 bits per heavy atom. The molecule has 1 aliphatic carbocycles. The topological polar surface area (TPSA) is 78.5 Å². The zero-order valence-corrected chi connectivity index (χ0v) is 13.6. The minimum absolute atomic E-state index is 0.206. The minimum atomic E-state index is -0.925. The molecule has 2 N–H and O–H groups in total. The van der Waals surface area contributed by atoms with Crippen molar-refractivity contribution in [3.8, 4) is 0 Å². The Bertz CT molecular complexity index is 715. The van der Waals surface area contributed by atoms with Crippen molar-refractivity contribution in [1.82, 2.24) is 10.2 Å². The third-order valence-corrected chi connectivity index (χ3v) is 4.71. The molecule has 4 amide bonds. The van der Waals surface area contributed by atoms with Crippen molar-refractivity contribution in [2.24, 2.45) is 0 Å². The van der Waals surface area contributed by atoms with Gasteiger partial charge in [0.1, 0.15) is 23.7 Å². The summed E-state index contributed by atoms with van der Waals surface area (Å²) >= 11 is 0. The molecule has 2 fully saturated rings. The van der Waals surface area contributed by atoms with E-state index in [1.54, 1.807) is 0 Å². The van der Waals surface area contributed by atoms with E-state index >= 15 is 0 Å². The van der Waals surface area contributed by atoms with Crippen LogP contribution in [0.15, 0.2) is 18.2 Å². The van der Waals surface area contributed by atoms with Gasteiger partial charge in [0, 0.05) is 6.07 Å². The molecule has 0 bridgehead atoms. The van der Waals surface area contributed by atoms with Gasteiger partial charge >= 0.3 is 6.03 Å². The highest BCUT2D eigenvalue weighted by atomic mass is 19.1. The summed E-state index contributed by atoms with van der Waals surface area (Å²) in [5, 5.41) is 4.99. The van der Waals surface area contributed by atoms with Gasteiger partial charge in [-0.3, -0.25) is 14.5 Å². The first kappa shape index (κ1) is 17.3. The van der Waals surface area contributed by atoms with Crippen LogP contribution in [0.3, 0.4) is 0 Å². The molecule has 1 aromatic carbocycles. The minimum Gasteiger partial charge on any atom is -0.323 e. The van der Waals surface area contributed by atoms with Crippen molar-refractivity contribution < 1.29 is 23.2 Å². The number of rotatable bonds is 3. The zero-order chi connectivity index (χ0) is 18.0. The number of anilines is 1. The number of nitrogens with zero attached hydrogens (tertiary/aromatic N) is 1. The molecule has 1 heterocycles. The third kappa shape index (κ3) is 3.47. The smallest absolute Gasteiger partial charge is 0.323 e. The zero-order valence-electron chi connectivity index (χ0n) is 13.6. The van der Waals surface area contributed by atoms with E-state index in [0.29, 0.717) is 18.9 Å². The number of halogens is 2. The van der Waals surface area contributed by atoms with Crippen LogP contribution in [0.1, 0.15) is 38.5 Å². The number of hydrogen-bond acceptors (Lipinski definition) is 3. The Kier molecular flexibility index (Phi) is 4.69. The van der Waals surface area contributed by atoms with E-state index in [1.807, 2.05) is 0 Å². The molecule has 1 aromatic rings. The normalized spacial score (nSPS) is 19.7. The number of carbonyl (C=O) groups excluding carboxylic acids is 3. The quantitative estimate of drug-likeness (QED) is 0.822. The van der Waals surface area contributed by atoms with Crippen LogP contribution in [-0.2, 0) is 9.59 Å². The van der Waals surface area contributed by atoms with Crippen molar-refractivity contribution >= 4 is 23.5 Å². The lowest BCUT2D eigenvalue weighted by Crippen LogP contribution is -2.47. The van der Waals surface area contributed by atoms with Crippen LogP contribution in [0.4, 0.5) is 19.3 Å².